The first-order valence-corrected chi connectivity index (χ1v) is 15.0. The van der Waals surface area contributed by atoms with Crippen molar-refractivity contribution in [3.05, 3.63) is 51.3 Å². The average Bonchev–Trinajstić information content (AvgIpc) is 3.37. The fourth-order valence-corrected chi connectivity index (χ4v) is 8.80. The molecular formula is C30H32Cl2F3N3O4. The first kappa shape index (κ1) is 29.5. The molecule has 1 N–H and O–H groups in total. The van der Waals surface area contributed by atoms with Gasteiger partial charge in [-0.05, 0) is 80.8 Å². The number of carbonyl (C=O) groups is 3. The average molecular weight is 627 g/mol. The van der Waals surface area contributed by atoms with Crippen LogP contribution in [0.1, 0.15) is 91.6 Å². The van der Waals surface area contributed by atoms with Crippen molar-refractivity contribution < 1.29 is 32.7 Å². The number of aromatic nitrogens is 2. The topological polar surface area (TPSA) is 92.5 Å². The molecule has 2 bridgehead atoms. The van der Waals surface area contributed by atoms with Gasteiger partial charge in [-0.15, -0.1) is 0 Å². The SMILES string of the molecule is CC1(C)C2CC(N(CC(=O)c3c(Cl)cccc3Cl)C(=O)c3cnn(C45CCC(C(=O)O)(CC4)CC5)c3C(F)(F)F)CC21. The van der Waals surface area contributed by atoms with Gasteiger partial charge in [-0.3, -0.25) is 19.1 Å². The number of fused-ring (bicyclic) bond motifs is 4. The minimum atomic E-state index is -4.91. The van der Waals surface area contributed by atoms with E-state index in [2.05, 4.69) is 18.9 Å². The van der Waals surface area contributed by atoms with E-state index in [1.165, 1.54) is 17.0 Å². The largest absolute Gasteiger partial charge is 0.481 e. The Morgan fingerprint density at radius 1 is 1.02 bits per heavy atom. The molecule has 2 aromatic rings. The summed E-state index contributed by atoms with van der Waals surface area (Å²) in [5.74, 6) is -1.74. The van der Waals surface area contributed by atoms with E-state index in [1.54, 1.807) is 6.07 Å². The summed E-state index contributed by atoms with van der Waals surface area (Å²) in [7, 11) is 0. The van der Waals surface area contributed by atoms with Crippen molar-refractivity contribution in [3.8, 4) is 0 Å². The highest BCUT2D eigenvalue weighted by Crippen LogP contribution is 2.67. The van der Waals surface area contributed by atoms with E-state index < -0.39 is 58.6 Å². The van der Waals surface area contributed by atoms with Crippen LogP contribution in [-0.2, 0) is 16.5 Å². The van der Waals surface area contributed by atoms with Crippen LogP contribution in [0.2, 0.25) is 10.0 Å². The summed E-state index contributed by atoms with van der Waals surface area (Å²) in [6.07, 6.45) is -1.32. The normalized spacial score (nSPS) is 31.1. The van der Waals surface area contributed by atoms with Gasteiger partial charge in [0.1, 0.15) is 0 Å². The maximum atomic E-state index is 14.8. The van der Waals surface area contributed by atoms with Crippen molar-refractivity contribution in [3.63, 3.8) is 0 Å². The number of carboxylic acid groups (broad SMARTS) is 1. The number of ketones is 1. The van der Waals surface area contributed by atoms with Crippen molar-refractivity contribution in [2.24, 2.45) is 22.7 Å². The van der Waals surface area contributed by atoms with E-state index >= 15 is 0 Å². The lowest BCUT2D eigenvalue weighted by molar-refractivity contribution is -0.163. The Labute approximate surface area is 251 Å². The number of hydrogen-bond donors (Lipinski definition) is 1. The number of Topliss-reactive ketones (excluding diaryl/α,β-unsaturated/α-hetero) is 1. The summed E-state index contributed by atoms with van der Waals surface area (Å²) in [6.45, 7) is 3.80. The molecule has 7 rings (SSSR count). The van der Waals surface area contributed by atoms with E-state index in [1.807, 2.05) is 0 Å². The summed E-state index contributed by atoms with van der Waals surface area (Å²) in [4.78, 5) is 40.8. The molecule has 0 aliphatic heterocycles. The second-order valence-corrected chi connectivity index (χ2v) is 14.1. The van der Waals surface area contributed by atoms with Crippen LogP contribution in [0.3, 0.4) is 0 Å². The highest BCUT2D eigenvalue weighted by molar-refractivity contribution is 6.40. The Morgan fingerprint density at radius 3 is 2.07 bits per heavy atom. The van der Waals surface area contributed by atoms with Gasteiger partial charge >= 0.3 is 12.1 Å². The third-order valence-electron chi connectivity index (χ3n) is 11.0. The maximum Gasteiger partial charge on any atom is 0.433 e. The van der Waals surface area contributed by atoms with E-state index in [0.717, 1.165) is 10.9 Å². The Bertz CT molecular complexity index is 1430. The number of rotatable bonds is 7. The Kier molecular flexibility index (Phi) is 6.81. The lowest BCUT2D eigenvalue weighted by atomic mass is 9.57. The number of hydrogen-bond acceptors (Lipinski definition) is 4. The second-order valence-electron chi connectivity index (χ2n) is 13.2. The van der Waals surface area contributed by atoms with Crippen molar-refractivity contribution >= 4 is 40.9 Å². The predicted octanol–water partition coefficient (Wildman–Crippen LogP) is 7.10. The molecule has 5 aliphatic carbocycles. The van der Waals surface area contributed by atoms with Gasteiger partial charge in [0.15, 0.2) is 11.5 Å². The molecule has 7 nitrogen and oxygen atoms in total. The van der Waals surface area contributed by atoms with E-state index in [4.69, 9.17) is 23.2 Å². The van der Waals surface area contributed by atoms with Crippen LogP contribution >= 0.6 is 23.2 Å². The Morgan fingerprint density at radius 2 is 1.57 bits per heavy atom. The minimum Gasteiger partial charge on any atom is -0.481 e. The third kappa shape index (κ3) is 4.46. The summed E-state index contributed by atoms with van der Waals surface area (Å²) in [6, 6.07) is 4.16. The van der Waals surface area contributed by atoms with Gasteiger partial charge in [0.2, 0.25) is 0 Å². The zero-order chi connectivity index (χ0) is 30.4. The highest BCUT2D eigenvalue weighted by atomic mass is 35.5. The summed E-state index contributed by atoms with van der Waals surface area (Å²) < 4.78 is 45.3. The fourth-order valence-electron chi connectivity index (χ4n) is 8.19. The first-order valence-electron chi connectivity index (χ1n) is 14.3. The zero-order valence-electron chi connectivity index (χ0n) is 23.3. The van der Waals surface area contributed by atoms with Gasteiger partial charge < -0.3 is 10.0 Å². The van der Waals surface area contributed by atoms with E-state index in [-0.39, 0.29) is 59.5 Å². The molecule has 42 heavy (non-hydrogen) atoms. The van der Waals surface area contributed by atoms with Gasteiger partial charge in [0, 0.05) is 6.04 Å². The number of carboxylic acids is 1. The number of aliphatic carboxylic acids is 1. The second kappa shape index (κ2) is 9.71. The molecule has 1 aromatic heterocycles. The van der Waals surface area contributed by atoms with Crippen molar-refractivity contribution in [2.45, 2.75) is 83.0 Å². The number of amides is 1. The minimum absolute atomic E-state index is 0.0269. The molecular weight excluding hydrogens is 594 g/mol. The predicted molar refractivity (Wildman–Crippen MR) is 149 cm³/mol. The van der Waals surface area contributed by atoms with Crippen LogP contribution in [0.15, 0.2) is 24.4 Å². The van der Waals surface area contributed by atoms with Crippen LogP contribution in [0.4, 0.5) is 13.2 Å². The number of benzene rings is 1. The maximum absolute atomic E-state index is 14.8. The Balaban J connectivity index is 1.36. The molecule has 0 saturated heterocycles. The molecule has 0 radical (unpaired) electrons. The van der Waals surface area contributed by atoms with Crippen LogP contribution in [-0.4, -0.2) is 50.0 Å². The quantitative estimate of drug-likeness (QED) is 0.331. The molecule has 0 spiro atoms. The molecule has 1 heterocycles. The van der Waals surface area contributed by atoms with Crippen molar-refractivity contribution in [1.29, 1.82) is 0 Å². The van der Waals surface area contributed by atoms with Gasteiger partial charge in [-0.1, -0.05) is 43.1 Å². The molecule has 5 saturated carbocycles. The van der Waals surface area contributed by atoms with Gasteiger partial charge in [-0.2, -0.15) is 18.3 Å². The molecule has 5 aliphatic rings. The van der Waals surface area contributed by atoms with Gasteiger partial charge in [-0.25, -0.2) is 0 Å². The van der Waals surface area contributed by atoms with Crippen LogP contribution in [0.5, 0.6) is 0 Å². The number of alkyl halides is 3. The first-order chi connectivity index (χ1) is 19.6. The third-order valence-corrected chi connectivity index (χ3v) is 11.6. The molecule has 12 heteroatoms. The Hall–Kier alpha value is -2.59. The standard InChI is InChI=1S/C30H32Cl2F3N3O4/c1-27(2)18-12-16(13-19(18)27)37(15-22(39)23-20(31)4-3-5-21(23)32)25(40)17-14-36-38(24(17)30(33,34)35)29-9-6-28(7-10-29,8-11-29)26(41)42/h3-5,14,16,18-19H,6-13,15H2,1-2H3,(H,41,42). The van der Waals surface area contributed by atoms with E-state index in [0.29, 0.717) is 24.7 Å². The van der Waals surface area contributed by atoms with Crippen LogP contribution < -0.4 is 0 Å². The van der Waals surface area contributed by atoms with Gasteiger partial charge in [0.05, 0.1) is 44.9 Å². The lowest BCUT2D eigenvalue weighted by Crippen LogP contribution is -2.52. The van der Waals surface area contributed by atoms with Crippen LogP contribution in [0, 0.1) is 22.7 Å². The van der Waals surface area contributed by atoms with Crippen molar-refractivity contribution in [2.75, 3.05) is 6.54 Å². The summed E-state index contributed by atoms with van der Waals surface area (Å²) in [5.41, 5.74) is -3.57. The zero-order valence-corrected chi connectivity index (χ0v) is 24.8. The highest BCUT2D eigenvalue weighted by Gasteiger charge is 2.63. The van der Waals surface area contributed by atoms with Crippen molar-refractivity contribution in [1.82, 2.24) is 14.7 Å². The van der Waals surface area contributed by atoms with Gasteiger partial charge in [0.25, 0.3) is 5.91 Å². The van der Waals surface area contributed by atoms with E-state index in [9.17, 15) is 32.7 Å². The fraction of sp³-hybridized carbons (Fsp3) is 0.600. The summed E-state index contributed by atoms with van der Waals surface area (Å²) in [5, 5.41) is 14.1. The molecule has 1 aromatic carbocycles. The number of carbonyl (C=O) groups excluding carboxylic acids is 2. The lowest BCUT2D eigenvalue weighted by Gasteiger charge is -2.51. The molecule has 1 amide bonds. The number of nitrogens with zero attached hydrogens (tertiary/aromatic N) is 3. The van der Waals surface area contributed by atoms with Crippen LogP contribution in [0.25, 0.3) is 0 Å². The smallest absolute Gasteiger partial charge is 0.433 e. The molecule has 2 unspecified atom stereocenters. The number of halogens is 5. The molecule has 5 fully saturated rings. The molecule has 2 atom stereocenters. The monoisotopic (exact) mass is 625 g/mol. The summed E-state index contributed by atoms with van der Waals surface area (Å²) >= 11 is 12.5. The molecule has 226 valence electrons.